The fourth-order valence-electron chi connectivity index (χ4n) is 1.85. The van der Waals surface area contributed by atoms with Crippen LogP contribution in [0, 0.1) is 11.3 Å². The summed E-state index contributed by atoms with van der Waals surface area (Å²) < 4.78 is 24.1. The molecule has 1 aliphatic rings. The molecule has 2 atom stereocenters. The molecular formula is C9H10N2O3S. The van der Waals surface area contributed by atoms with Crippen molar-refractivity contribution in [3.05, 3.63) is 24.0 Å². The van der Waals surface area contributed by atoms with E-state index in [9.17, 15) is 13.5 Å². The Kier molecular flexibility index (Phi) is 2.29. The molecule has 0 aliphatic carbocycles. The highest BCUT2D eigenvalue weighted by Gasteiger charge is 2.37. The summed E-state index contributed by atoms with van der Waals surface area (Å²) >= 11 is 0. The third-order valence-corrected chi connectivity index (χ3v) is 4.24. The minimum Gasteiger partial charge on any atom is -0.390 e. The van der Waals surface area contributed by atoms with Gasteiger partial charge in [-0.1, -0.05) is 0 Å². The third kappa shape index (κ3) is 1.76. The molecule has 0 saturated carbocycles. The Bertz CT molecular complexity index is 512. The zero-order chi connectivity index (χ0) is 11.1. The number of nitriles is 1. The lowest BCUT2D eigenvalue weighted by atomic mass is 10.2. The molecule has 2 heterocycles. The Morgan fingerprint density at radius 1 is 1.53 bits per heavy atom. The fourth-order valence-corrected chi connectivity index (χ4v) is 3.64. The number of aliphatic hydroxyl groups is 1. The van der Waals surface area contributed by atoms with E-state index >= 15 is 0 Å². The number of aromatic nitrogens is 1. The molecule has 0 spiro atoms. The van der Waals surface area contributed by atoms with Gasteiger partial charge in [-0.15, -0.1) is 0 Å². The van der Waals surface area contributed by atoms with Crippen molar-refractivity contribution < 1.29 is 13.5 Å². The van der Waals surface area contributed by atoms with Gasteiger partial charge in [0.1, 0.15) is 11.8 Å². The van der Waals surface area contributed by atoms with Crippen molar-refractivity contribution in [2.45, 2.75) is 12.1 Å². The standard InChI is InChI=1S/C9H10N2O3S/c10-4-7-2-1-3-11(7)8-5-15(13,14)6-9(8)12/h1-3,8-9,12H,5-6H2. The first kappa shape index (κ1) is 10.2. The smallest absolute Gasteiger partial charge is 0.155 e. The van der Waals surface area contributed by atoms with Crippen LogP contribution >= 0.6 is 0 Å². The minimum atomic E-state index is -3.18. The molecule has 80 valence electrons. The quantitative estimate of drug-likeness (QED) is 0.712. The molecule has 0 aromatic carbocycles. The molecule has 5 nitrogen and oxygen atoms in total. The van der Waals surface area contributed by atoms with Crippen LogP contribution in [0.5, 0.6) is 0 Å². The molecule has 0 amide bonds. The fraction of sp³-hybridized carbons (Fsp3) is 0.444. The molecule has 6 heteroatoms. The predicted molar refractivity (Wildman–Crippen MR) is 52.8 cm³/mol. The van der Waals surface area contributed by atoms with E-state index in [-0.39, 0.29) is 11.5 Å². The van der Waals surface area contributed by atoms with Crippen LogP contribution in [0.2, 0.25) is 0 Å². The lowest BCUT2D eigenvalue weighted by molar-refractivity contribution is 0.153. The van der Waals surface area contributed by atoms with Gasteiger partial charge in [-0.25, -0.2) is 8.42 Å². The molecule has 1 aromatic rings. The maximum absolute atomic E-state index is 11.3. The van der Waals surface area contributed by atoms with Crippen molar-refractivity contribution in [3.8, 4) is 6.07 Å². The summed E-state index contributed by atoms with van der Waals surface area (Å²) in [5.74, 6) is -0.321. The summed E-state index contributed by atoms with van der Waals surface area (Å²) in [5, 5.41) is 18.4. The van der Waals surface area contributed by atoms with Crippen molar-refractivity contribution in [2.24, 2.45) is 0 Å². The molecule has 0 bridgehead atoms. The van der Waals surface area contributed by atoms with Crippen LogP contribution in [0.3, 0.4) is 0 Å². The van der Waals surface area contributed by atoms with Crippen LogP contribution in [-0.2, 0) is 9.84 Å². The van der Waals surface area contributed by atoms with Gasteiger partial charge in [0.15, 0.2) is 9.84 Å². The van der Waals surface area contributed by atoms with Crippen LogP contribution in [0.4, 0.5) is 0 Å². The summed E-state index contributed by atoms with van der Waals surface area (Å²) in [4.78, 5) is 0. The lowest BCUT2D eigenvalue weighted by Gasteiger charge is -2.15. The highest BCUT2D eigenvalue weighted by molar-refractivity contribution is 7.91. The molecule has 15 heavy (non-hydrogen) atoms. The van der Waals surface area contributed by atoms with Gasteiger partial charge in [-0.05, 0) is 12.1 Å². The van der Waals surface area contributed by atoms with Crippen LogP contribution < -0.4 is 0 Å². The maximum atomic E-state index is 11.3. The van der Waals surface area contributed by atoms with E-state index in [2.05, 4.69) is 0 Å². The van der Waals surface area contributed by atoms with Crippen molar-refractivity contribution >= 4 is 9.84 Å². The van der Waals surface area contributed by atoms with Gasteiger partial charge >= 0.3 is 0 Å². The topological polar surface area (TPSA) is 83.1 Å². The monoisotopic (exact) mass is 226 g/mol. The molecule has 1 aromatic heterocycles. The zero-order valence-corrected chi connectivity index (χ0v) is 8.68. The number of hydrogen-bond acceptors (Lipinski definition) is 4. The molecule has 1 aliphatic heterocycles. The van der Waals surface area contributed by atoms with Crippen molar-refractivity contribution in [2.75, 3.05) is 11.5 Å². The molecule has 1 fully saturated rings. The average Bonchev–Trinajstić information content (AvgIpc) is 2.69. The Hall–Kier alpha value is -1.32. The third-order valence-electron chi connectivity index (χ3n) is 2.54. The van der Waals surface area contributed by atoms with E-state index in [0.29, 0.717) is 5.69 Å². The first-order valence-electron chi connectivity index (χ1n) is 4.49. The van der Waals surface area contributed by atoms with E-state index in [1.807, 2.05) is 6.07 Å². The summed E-state index contributed by atoms with van der Waals surface area (Å²) in [7, 11) is -3.18. The van der Waals surface area contributed by atoms with Gasteiger partial charge in [-0.2, -0.15) is 5.26 Å². The lowest BCUT2D eigenvalue weighted by Crippen LogP contribution is -2.22. The van der Waals surface area contributed by atoms with E-state index < -0.39 is 22.0 Å². The second-order valence-corrected chi connectivity index (χ2v) is 5.78. The van der Waals surface area contributed by atoms with E-state index in [4.69, 9.17) is 5.26 Å². The maximum Gasteiger partial charge on any atom is 0.155 e. The minimum absolute atomic E-state index is 0.0997. The van der Waals surface area contributed by atoms with Gasteiger partial charge in [0.2, 0.25) is 0 Å². The molecule has 0 radical (unpaired) electrons. The highest BCUT2D eigenvalue weighted by atomic mass is 32.2. The van der Waals surface area contributed by atoms with E-state index in [1.54, 1.807) is 18.3 Å². The van der Waals surface area contributed by atoms with Crippen LogP contribution in [0.15, 0.2) is 18.3 Å². The Morgan fingerprint density at radius 2 is 2.27 bits per heavy atom. The highest BCUT2D eigenvalue weighted by Crippen LogP contribution is 2.25. The summed E-state index contributed by atoms with van der Waals surface area (Å²) in [6, 6.07) is 4.69. The molecule has 1 N–H and O–H groups in total. The number of aliphatic hydroxyl groups excluding tert-OH is 1. The van der Waals surface area contributed by atoms with Crippen molar-refractivity contribution in [1.82, 2.24) is 4.57 Å². The normalized spacial score (nSPS) is 28.8. The second kappa shape index (κ2) is 3.36. The molecular weight excluding hydrogens is 216 g/mol. The van der Waals surface area contributed by atoms with E-state index in [1.165, 1.54) is 4.57 Å². The van der Waals surface area contributed by atoms with Gasteiger partial charge in [0, 0.05) is 6.20 Å². The predicted octanol–water partition coefficient (Wildman–Crippen LogP) is -0.310. The Labute approximate surface area is 87.5 Å². The Balaban J connectivity index is 2.38. The van der Waals surface area contributed by atoms with Gasteiger partial charge < -0.3 is 9.67 Å². The zero-order valence-electron chi connectivity index (χ0n) is 7.87. The molecule has 2 rings (SSSR count). The van der Waals surface area contributed by atoms with Crippen molar-refractivity contribution in [3.63, 3.8) is 0 Å². The SMILES string of the molecule is N#Cc1cccn1C1CS(=O)(=O)CC1O. The number of hydrogen-bond donors (Lipinski definition) is 1. The van der Waals surface area contributed by atoms with Crippen LogP contribution in [0.1, 0.15) is 11.7 Å². The van der Waals surface area contributed by atoms with E-state index in [0.717, 1.165) is 0 Å². The summed E-state index contributed by atoms with van der Waals surface area (Å²) in [6.07, 6.45) is 0.697. The van der Waals surface area contributed by atoms with Crippen molar-refractivity contribution in [1.29, 1.82) is 5.26 Å². The summed E-state index contributed by atoms with van der Waals surface area (Å²) in [6.45, 7) is 0. The number of sulfone groups is 1. The van der Waals surface area contributed by atoms with Crippen LogP contribution in [-0.4, -0.2) is 35.7 Å². The second-order valence-electron chi connectivity index (χ2n) is 3.62. The first-order valence-corrected chi connectivity index (χ1v) is 6.31. The average molecular weight is 226 g/mol. The van der Waals surface area contributed by atoms with Gasteiger partial charge in [0.05, 0.1) is 23.7 Å². The van der Waals surface area contributed by atoms with Gasteiger partial charge in [0.25, 0.3) is 0 Å². The number of nitrogens with zero attached hydrogens (tertiary/aromatic N) is 2. The number of rotatable bonds is 1. The summed E-state index contributed by atoms with van der Waals surface area (Å²) in [5.41, 5.74) is 0.371. The van der Waals surface area contributed by atoms with Gasteiger partial charge in [-0.3, -0.25) is 0 Å². The van der Waals surface area contributed by atoms with Crippen LogP contribution in [0.25, 0.3) is 0 Å². The largest absolute Gasteiger partial charge is 0.390 e. The first-order chi connectivity index (χ1) is 7.03. The Morgan fingerprint density at radius 3 is 2.80 bits per heavy atom. The molecule has 1 saturated heterocycles. The molecule has 2 unspecified atom stereocenters.